The molecule has 1 atom stereocenters. The van der Waals surface area contributed by atoms with Crippen molar-refractivity contribution in [3.63, 3.8) is 0 Å². The number of hydrogen-bond acceptors (Lipinski definition) is 7. The van der Waals surface area contributed by atoms with Gasteiger partial charge in [-0.05, 0) is 56.5 Å². The topological polar surface area (TPSA) is 114 Å². The number of rotatable bonds is 10. The van der Waals surface area contributed by atoms with Gasteiger partial charge >= 0.3 is 0 Å². The maximum atomic E-state index is 13.1. The molecule has 0 aromatic heterocycles. The summed E-state index contributed by atoms with van der Waals surface area (Å²) in [5, 5.41) is 13.5. The average Bonchev–Trinajstić information content (AvgIpc) is 3.04. The number of aryl methyl sites for hydroxylation is 2. The Bertz CT molecular complexity index is 1080. The lowest BCUT2D eigenvalue weighted by Gasteiger charge is -2.16. The van der Waals surface area contributed by atoms with Crippen LogP contribution < -0.4 is 5.32 Å². The third-order valence-corrected chi connectivity index (χ3v) is 6.21. The number of nitro benzene ring substituents is 1. The predicted molar refractivity (Wildman–Crippen MR) is 134 cm³/mol. The van der Waals surface area contributed by atoms with E-state index in [1.807, 2.05) is 32.9 Å². The number of anilines is 1. The van der Waals surface area contributed by atoms with E-state index in [1.165, 1.54) is 30.0 Å². The molecule has 1 aliphatic heterocycles. The van der Waals surface area contributed by atoms with Crippen LogP contribution in [0.5, 0.6) is 0 Å². The van der Waals surface area contributed by atoms with Gasteiger partial charge in [0.1, 0.15) is 5.25 Å². The van der Waals surface area contributed by atoms with Crippen LogP contribution in [0.2, 0.25) is 0 Å². The van der Waals surface area contributed by atoms with Crippen LogP contribution >= 0.6 is 11.8 Å². The van der Waals surface area contributed by atoms with E-state index in [4.69, 9.17) is 9.73 Å². The van der Waals surface area contributed by atoms with E-state index < -0.39 is 16.1 Å². The number of nitro groups is 1. The van der Waals surface area contributed by atoms with E-state index in [0.29, 0.717) is 37.0 Å². The van der Waals surface area contributed by atoms with E-state index in [1.54, 1.807) is 11.0 Å². The van der Waals surface area contributed by atoms with Gasteiger partial charge in [-0.15, -0.1) is 0 Å². The Morgan fingerprint density at radius 2 is 1.97 bits per heavy atom. The second-order valence-electron chi connectivity index (χ2n) is 7.95. The summed E-state index contributed by atoms with van der Waals surface area (Å²) in [4.78, 5) is 42.6. The van der Waals surface area contributed by atoms with Gasteiger partial charge in [-0.2, -0.15) is 0 Å². The van der Waals surface area contributed by atoms with Gasteiger partial charge in [-0.3, -0.25) is 24.6 Å². The third-order valence-electron chi connectivity index (χ3n) is 5.04. The van der Waals surface area contributed by atoms with Crippen LogP contribution in [0, 0.1) is 24.0 Å². The highest BCUT2D eigenvalue weighted by molar-refractivity contribution is 8.15. The molecular weight excluding hydrogens is 456 g/mol. The molecule has 0 radical (unpaired) electrons. The number of benzene rings is 2. The highest BCUT2D eigenvalue weighted by Gasteiger charge is 2.39. The number of ether oxygens (including phenoxy) is 1. The minimum absolute atomic E-state index is 0.0694. The number of thioether (sulfide) groups is 1. The fourth-order valence-corrected chi connectivity index (χ4v) is 4.79. The molecule has 2 amide bonds. The molecule has 3 rings (SSSR count). The van der Waals surface area contributed by atoms with Crippen LogP contribution in [0.1, 0.15) is 30.9 Å². The summed E-state index contributed by atoms with van der Waals surface area (Å²) in [6, 6.07) is 11.7. The summed E-state index contributed by atoms with van der Waals surface area (Å²) in [6.07, 6.45) is 0.582. The van der Waals surface area contributed by atoms with Crippen LogP contribution in [0.25, 0.3) is 0 Å². The fourth-order valence-electron chi connectivity index (χ4n) is 3.60. The monoisotopic (exact) mass is 484 g/mol. The number of hydrogen-bond donors (Lipinski definition) is 1. The van der Waals surface area contributed by atoms with Gasteiger partial charge in [0, 0.05) is 44.0 Å². The molecule has 180 valence electrons. The molecule has 1 saturated heterocycles. The number of nitrogens with one attached hydrogen (secondary N) is 1. The van der Waals surface area contributed by atoms with Crippen molar-refractivity contribution in [3.8, 4) is 0 Å². The summed E-state index contributed by atoms with van der Waals surface area (Å²) in [5.74, 6) is -0.577. The Morgan fingerprint density at radius 1 is 1.24 bits per heavy atom. The first-order valence-corrected chi connectivity index (χ1v) is 11.9. The van der Waals surface area contributed by atoms with Gasteiger partial charge in [-0.25, -0.2) is 4.99 Å². The molecule has 0 unspecified atom stereocenters. The second-order valence-corrected chi connectivity index (χ2v) is 9.12. The summed E-state index contributed by atoms with van der Waals surface area (Å²) in [7, 11) is 0. The van der Waals surface area contributed by atoms with Crippen LogP contribution in [0.3, 0.4) is 0 Å². The maximum absolute atomic E-state index is 13.1. The van der Waals surface area contributed by atoms with Gasteiger partial charge in [0.25, 0.3) is 5.69 Å². The zero-order chi connectivity index (χ0) is 24.7. The van der Waals surface area contributed by atoms with E-state index in [-0.39, 0.29) is 18.0 Å². The Labute approximate surface area is 202 Å². The van der Waals surface area contributed by atoms with E-state index in [9.17, 15) is 19.7 Å². The molecular formula is C24H28N4O5S. The largest absolute Gasteiger partial charge is 0.382 e. The van der Waals surface area contributed by atoms with Crippen molar-refractivity contribution in [1.82, 2.24) is 4.90 Å². The summed E-state index contributed by atoms with van der Waals surface area (Å²) in [5.41, 5.74) is 3.10. The lowest BCUT2D eigenvalue weighted by atomic mass is 10.1. The number of carbonyl (C=O) groups is 2. The molecule has 0 saturated carbocycles. The standard InChI is InChI=1S/C24H28N4O5S/c1-4-33-10-6-9-27-23(30)21(34-24(27)26-19-12-16(2)11-17(3)13-19)15-22(29)25-18-7-5-8-20(14-18)28(31)32/h5,7-8,11-14,21H,4,6,9-10,15H2,1-3H3,(H,25,29)/t21-/m1/s1. The summed E-state index contributed by atoms with van der Waals surface area (Å²) in [6.45, 7) is 7.47. The van der Waals surface area contributed by atoms with Crippen LogP contribution in [-0.2, 0) is 14.3 Å². The molecule has 1 aliphatic rings. The molecule has 1 N–H and O–H groups in total. The first-order chi connectivity index (χ1) is 16.3. The Kier molecular flexibility index (Phi) is 8.78. The predicted octanol–water partition coefficient (Wildman–Crippen LogP) is 4.60. The van der Waals surface area contributed by atoms with E-state index in [2.05, 4.69) is 11.4 Å². The smallest absolute Gasteiger partial charge is 0.271 e. The van der Waals surface area contributed by atoms with Crippen LogP contribution in [-0.4, -0.2) is 51.8 Å². The van der Waals surface area contributed by atoms with Gasteiger partial charge in [-0.1, -0.05) is 23.9 Å². The van der Waals surface area contributed by atoms with Crippen molar-refractivity contribution >= 4 is 45.8 Å². The molecule has 0 spiro atoms. The Morgan fingerprint density at radius 3 is 2.65 bits per heavy atom. The number of carbonyl (C=O) groups excluding carboxylic acids is 2. The SMILES string of the molecule is CCOCCCN1C(=O)[C@@H](CC(=O)Nc2cccc([N+](=O)[O-])c2)SC1=Nc1cc(C)cc(C)c1. The number of aliphatic imine (C=N–C) groups is 1. The molecule has 1 heterocycles. The molecule has 10 heteroatoms. The third kappa shape index (κ3) is 6.88. The van der Waals surface area contributed by atoms with Crippen molar-refractivity contribution in [3.05, 3.63) is 63.7 Å². The molecule has 0 bridgehead atoms. The molecule has 34 heavy (non-hydrogen) atoms. The summed E-state index contributed by atoms with van der Waals surface area (Å²) >= 11 is 1.26. The van der Waals surface area contributed by atoms with Crippen molar-refractivity contribution in [2.45, 2.75) is 38.9 Å². The fraction of sp³-hybridized carbons (Fsp3) is 0.375. The highest BCUT2D eigenvalue weighted by Crippen LogP contribution is 2.32. The van der Waals surface area contributed by atoms with Crippen LogP contribution in [0.15, 0.2) is 47.5 Å². The molecule has 0 aliphatic carbocycles. The molecule has 9 nitrogen and oxygen atoms in total. The van der Waals surface area contributed by atoms with Gasteiger partial charge in [0.2, 0.25) is 11.8 Å². The van der Waals surface area contributed by atoms with Crippen molar-refractivity contribution < 1.29 is 19.2 Å². The lowest BCUT2D eigenvalue weighted by Crippen LogP contribution is -2.34. The molecule has 2 aromatic carbocycles. The zero-order valence-corrected chi connectivity index (χ0v) is 20.3. The first-order valence-electron chi connectivity index (χ1n) is 11.0. The quantitative estimate of drug-likeness (QED) is 0.299. The first kappa shape index (κ1) is 25.4. The van der Waals surface area contributed by atoms with Gasteiger partial charge in [0.05, 0.1) is 10.6 Å². The van der Waals surface area contributed by atoms with Gasteiger partial charge < -0.3 is 10.1 Å². The Balaban J connectivity index is 1.75. The lowest BCUT2D eigenvalue weighted by molar-refractivity contribution is -0.384. The second kappa shape index (κ2) is 11.8. The van der Waals surface area contributed by atoms with Crippen molar-refractivity contribution in [1.29, 1.82) is 0 Å². The zero-order valence-electron chi connectivity index (χ0n) is 19.4. The average molecular weight is 485 g/mol. The number of amides is 2. The van der Waals surface area contributed by atoms with Crippen LogP contribution in [0.4, 0.5) is 17.1 Å². The number of nitrogens with zero attached hydrogens (tertiary/aromatic N) is 3. The highest BCUT2D eigenvalue weighted by atomic mass is 32.2. The Hall–Kier alpha value is -3.24. The van der Waals surface area contributed by atoms with E-state index >= 15 is 0 Å². The normalized spacial score (nSPS) is 16.8. The van der Waals surface area contributed by atoms with E-state index in [0.717, 1.165) is 16.8 Å². The maximum Gasteiger partial charge on any atom is 0.271 e. The van der Waals surface area contributed by atoms with Gasteiger partial charge in [0.15, 0.2) is 5.17 Å². The minimum atomic E-state index is -0.629. The number of amidine groups is 1. The molecule has 2 aromatic rings. The number of non-ortho nitro benzene ring substituents is 1. The minimum Gasteiger partial charge on any atom is -0.382 e. The van der Waals surface area contributed by atoms with Crippen molar-refractivity contribution in [2.24, 2.45) is 4.99 Å². The van der Waals surface area contributed by atoms with Crippen molar-refractivity contribution in [2.75, 3.05) is 25.1 Å². The summed E-state index contributed by atoms with van der Waals surface area (Å²) < 4.78 is 5.40. The molecule has 1 fully saturated rings.